The van der Waals surface area contributed by atoms with Crippen LogP contribution in [0.3, 0.4) is 0 Å². The molecule has 0 bridgehead atoms. The quantitative estimate of drug-likeness (QED) is 0.353. The number of halogens is 2. The standard InChI is InChI=1S/C16H18ClIN2S/c1-10(2)8-12-15(18)16(17)20-14(19-12)9-21-13-7-5-4-6-11(13)3/h4-7,10H,8-9H2,1-3H3. The molecule has 1 aromatic heterocycles. The van der Waals surface area contributed by atoms with E-state index in [-0.39, 0.29) is 0 Å². The van der Waals surface area contributed by atoms with Gasteiger partial charge in [0.1, 0.15) is 11.0 Å². The van der Waals surface area contributed by atoms with Crippen LogP contribution in [0.4, 0.5) is 0 Å². The van der Waals surface area contributed by atoms with Crippen LogP contribution in [-0.4, -0.2) is 9.97 Å². The van der Waals surface area contributed by atoms with Crippen molar-refractivity contribution in [3.8, 4) is 0 Å². The zero-order valence-corrected chi connectivity index (χ0v) is 16.1. The molecule has 0 aliphatic carbocycles. The first-order valence-electron chi connectivity index (χ1n) is 6.86. The number of thioether (sulfide) groups is 1. The first kappa shape index (κ1) is 17.0. The van der Waals surface area contributed by atoms with E-state index in [9.17, 15) is 0 Å². The minimum absolute atomic E-state index is 0.557. The Balaban J connectivity index is 2.17. The lowest BCUT2D eigenvalue weighted by atomic mass is 10.1. The van der Waals surface area contributed by atoms with Crippen LogP contribution >= 0.6 is 46.0 Å². The van der Waals surface area contributed by atoms with Crippen LogP contribution in [0.5, 0.6) is 0 Å². The molecule has 0 N–H and O–H groups in total. The molecule has 0 aliphatic rings. The molecule has 0 aliphatic heterocycles. The molecular weight excluding hydrogens is 415 g/mol. The zero-order valence-electron chi connectivity index (χ0n) is 12.4. The van der Waals surface area contributed by atoms with Crippen molar-refractivity contribution in [3.05, 3.63) is 50.1 Å². The molecular formula is C16H18ClIN2S. The second-order valence-electron chi connectivity index (χ2n) is 5.34. The Labute approximate surface area is 149 Å². The minimum Gasteiger partial charge on any atom is -0.236 e. The van der Waals surface area contributed by atoms with Crippen molar-refractivity contribution in [2.24, 2.45) is 5.92 Å². The van der Waals surface area contributed by atoms with Crippen LogP contribution in [0, 0.1) is 16.4 Å². The summed E-state index contributed by atoms with van der Waals surface area (Å²) >= 11 is 10.2. The third-order valence-electron chi connectivity index (χ3n) is 2.98. The largest absolute Gasteiger partial charge is 0.236 e. The number of aryl methyl sites for hydroxylation is 1. The van der Waals surface area contributed by atoms with E-state index in [1.54, 1.807) is 11.8 Å². The molecule has 0 spiro atoms. The van der Waals surface area contributed by atoms with E-state index in [1.165, 1.54) is 10.5 Å². The van der Waals surface area contributed by atoms with Crippen LogP contribution in [0.2, 0.25) is 5.15 Å². The van der Waals surface area contributed by atoms with Crippen molar-refractivity contribution in [1.29, 1.82) is 0 Å². The highest BCUT2D eigenvalue weighted by Gasteiger charge is 2.12. The number of benzene rings is 1. The van der Waals surface area contributed by atoms with Crippen molar-refractivity contribution in [2.45, 2.75) is 37.8 Å². The Morgan fingerprint density at radius 2 is 1.95 bits per heavy atom. The molecule has 0 saturated carbocycles. The smallest absolute Gasteiger partial charge is 0.146 e. The monoisotopic (exact) mass is 432 g/mol. The number of hydrogen-bond donors (Lipinski definition) is 0. The van der Waals surface area contributed by atoms with Gasteiger partial charge in [0.2, 0.25) is 0 Å². The van der Waals surface area contributed by atoms with Crippen molar-refractivity contribution in [3.63, 3.8) is 0 Å². The van der Waals surface area contributed by atoms with E-state index in [0.29, 0.717) is 11.1 Å². The first-order valence-corrected chi connectivity index (χ1v) is 9.30. The Hall–Kier alpha value is -0.330. The molecule has 1 heterocycles. The first-order chi connectivity index (χ1) is 9.97. The Kier molecular flexibility index (Phi) is 6.32. The van der Waals surface area contributed by atoms with Gasteiger partial charge in [-0.15, -0.1) is 11.8 Å². The fourth-order valence-corrected chi connectivity index (χ4v) is 3.51. The fraction of sp³-hybridized carbons (Fsp3) is 0.375. The molecule has 0 saturated heterocycles. The van der Waals surface area contributed by atoms with Gasteiger partial charge < -0.3 is 0 Å². The second-order valence-corrected chi connectivity index (χ2v) is 7.80. The van der Waals surface area contributed by atoms with Gasteiger partial charge in [-0.25, -0.2) is 9.97 Å². The predicted molar refractivity (Wildman–Crippen MR) is 99.0 cm³/mol. The summed E-state index contributed by atoms with van der Waals surface area (Å²) in [5.74, 6) is 2.11. The topological polar surface area (TPSA) is 25.8 Å². The zero-order chi connectivity index (χ0) is 15.4. The average Bonchev–Trinajstić information content (AvgIpc) is 2.42. The molecule has 2 aromatic rings. The summed E-state index contributed by atoms with van der Waals surface area (Å²) in [5, 5.41) is 0.571. The van der Waals surface area contributed by atoms with Crippen molar-refractivity contribution < 1.29 is 0 Å². The van der Waals surface area contributed by atoms with Crippen molar-refractivity contribution in [2.75, 3.05) is 0 Å². The molecule has 21 heavy (non-hydrogen) atoms. The molecule has 1 aromatic carbocycles. The summed E-state index contributed by atoms with van der Waals surface area (Å²) in [6, 6.07) is 8.36. The van der Waals surface area contributed by atoms with E-state index in [1.807, 2.05) is 0 Å². The summed E-state index contributed by atoms with van der Waals surface area (Å²) in [6.45, 7) is 6.50. The summed E-state index contributed by atoms with van der Waals surface area (Å²) in [4.78, 5) is 10.4. The Morgan fingerprint density at radius 1 is 1.24 bits per heavy atom. The maximum Gasteiger partial charge on any atom is 0.146 e. The summed E-state index contributed by atoms with van der Waals surface area (Å²) in [5.41, 5.74) is 2.34. The van der Waals surface area contributed by atoms with E-state index in [4.69, 9.17) is 16.6 Å². The Morgan fingerprint density at radius 3 is 2.62 bits per heavy atom. The lowest BCUT2D eigenvalue weighted by Crippen LogP contribution is -2.06. The number of rotatable bonds is 5. The van der Waals surface area contributed by atoms with Gasteiger partial charge in [-0.1, -0.05) is 43.6 Å². The summed E-state index contributed by atoms with van der Waals surface area (Å²) in [6.07, 6.45) is 0.933. The molecule has 2 rings (SSSR count). The van der Waals surface area contributed by atoms with Crippen LogP contribution in [-0.2, 0) is 12.2 Å². The number of hydrogen-bond acceptors (Lipinski definition) is 3. The molecule has 2 nitrogen and oxygen atoms in total. The van der Waals surface area contributed by atoms with Gasteiger partial charge in [-0.3, -0.25) is 0 Å². The summed E-state index contributed by atoms with van der Waals surface area (Å²) < 4.78 is 0.979. The van der Waals surface area contributed by atoms with Gasteiger partial charge in [0, 0.05) is 4.90 Å². The number of nitrogens with zero attached hydrogens (tertiary/aromatic N) is 2. The molecule has 0 atom stereocenters. The summed E-state index contributed by atoms with van der Waals surface area (Å²) in [7, 11) is 0. The normalized spacial score (nSPS) is 11.1. The van der Waals surface area contributed by atoms with Crippen LogP contribution in [0.25, 0.3) is 0 Å². The highest BCUT2D eigenvalue weighted by atomic mass is 127. The predicted octanol–water partition coefficient (Wildman–Crippen LogP) is 5.53. The molecule has 112 valence electrons. The van der Waals surface area contributed by atoms with E-state index in [0.717, 1.165) is 27.3 Å². The molecule has 0 fully saturated rings. The minimum atomic E-state index is 0.557. The lowest BCUT2D eigenvalue weighted by molar-refractivity contribution is 0.629. The third kappa shape index (κ3) is 4.83. The van der Waals surface area contributed by atoms with Gasteiger partial charge >= 0.3 is 0 Å². The fourth-order valence-electron chi connectivity index (χ4n) is 1.96. The SMILES string of the molecule is Cc1ccccc1SCc1nc(Cl)c(I)c(CC(C)C)n1. The maximum absolute atomic E-state index is 6.25. The molecule has 0 unspecified atom stereocenters. The van der Waals surface area contributed by atoms with Crippen LogP contribution in [0.15, 0.2) is 29.2 Å². The highest BCUT2D eigenvalue weighted by molar-refractivity contribution is 14.1. The van der Waals surface area contributed by atoms with Crippen LogP contribution in [0.1, 0.15) is 30.9 Å². The van der Waals surface area contributed by atoms with Crippen molar-refractivity contribution in [1.82, 2.24) is 9.97 Å². The molecule has 0 radical (unpaired) electrons. The van der Waals surface area contributed by atoms with Crippen LogP contribution < -0.4 is 0 Å². The van der Waals surface area contributed by atoms with E-state index in [2.05, 4.69) is 72.6 Å². The molecule has 0 amide bonds. The van der Waals surface area contributed by atoms with Gasteiger partial charge in [0.25, 0.3) is 0 Å². The van der Waals surface area contributed by atoms with Gasteiger partial charge in [0.15, 0.2) is 0 Å². The maximum atomic E-state index is 6.25. The van der Waals surface area contributed by atoms with Gasteiger partial charge in [-0.05, 0) is 53.5 Å². The van der Waals surface area contributed by atoms with E-state index < -0.39 is 0 Å². The van der Waals surface area contributed by atoms with Crippen molar-refractivity contribution >= 4 is 46.0 Å². The number of aromatic nitrogens is 2. The lowest BCUT2D eigenvalue weighted by Gasteiger charge is -2.10. The third-order valence-corrected chi connectivity index (χ3v) is 5.88. The average molecular weight is 433 g/mol. The van der Waals surface area contributed by atoms with E-state index >= 15 is 0 Å². The van der Waals surface area contributed by atoms with Gasteiger partial charge in [0.05, 0.1) is 15.0 Å². The second kappa shape index (κ2) is 7.79. The highest BCUT2D eigenvalue weighted by Crippen LogP contribution is 2.27. The molecule has 5 heteroatoms. The Bertz CT molecular complexity index is 632. The van der Waals surface area contributed by atoms with Gasteiger partial charge in [-0.2, -0.15) is 0 Å².